The van der Waals surface area contributed by atoms with Crippen LogP contribution in [0.3, 0.4) is 0 Å². The van der Waals surface area contributed by atoms with Crippen molar-refractivity contribution in [3.05, 3.63) is 42.0 Å². The molecular weight excluding hydrogens is 292 g/mol. The second-order valence-electron chi connectivity index (χ2n) is 5.27. The van der Waals surface area contributed by atoms with Gasteiger partial charge in [0, 0.05) is 19.2 Å². The van der Waals surface area contributed by atoms with Gasteiger partial charge in [-0.15, -0.1) is 0 Å². The fraction of sp³-hybridized carbons (Fsp3) is 0.294. The first-order chi connectivity index (χ1) is 11.1. The van der Waals surface area contributed by atoms with Gasteiger partial charge in [0.05, 0.1) is 5.56 Å². The van der Waals surface area contributed by atoms with Gasteiger partial charge in [0.1, 0.15) is 0 Å². The number of hydrazine groups is 1. The normalized spacial score (nSPS) is 10.3. The topological polar surface area (TPSA) is 96.2 Å². The van der Waals surface area contributed by atoms with E-state index in [2.05, 4.69) is 16.2 Å². The highest BCUT2D eigenvalue weighted by Crippen LogP contribution is 2.26. The Morgan fingerprint density at radius 2 is 1.83 bits per heavy atom. The second kappa shape index (κ2) is 8.14. The number of carbonyl (C=O) groups is 2. The van der Waals surface area contributed by atoms with Gasteiger partial charge in [-0.05, 0) is 36.2 Å². The lowest BCUT2D eigenvalue weighted by Crippen LogP contribution is -2.40. The Balaban J connectivity index is 2.31. The number of hydrogen-bond donors (Lipinski definition) is 4. The van der Waals surface area contributed by atoms with Gasteiger partial charge < -0.3 is 11.1 Å². The standard InChI is InChI=1S/C17H22N4O2/c1-12(22)20-21-17(23)16-14-7-3-2-6-13(14)8-9-15(16)19-11-5-4-10-18/h2-3,6-9,19H,4-5,10-11,18H2,1H3,(H,20,22)(H,21,23). The van der Waals surface area contributed by atoms with E-state index >= 15 is 0 Å². The van der Waals surface area contributed by atoms with E-state index in [-0.39, 0.29) is 11.8 Å². The largest absolute Gasteiger partial charge is 0.384 e. The van der Waals surface area contributed by atoms with Crippen LogP contribution < -0.4 is 21.9 Å². The Kier molecular flexibility index (Phi) is 5.94. The van der Waals surface area contributed by atoms with E-state index in [1.54, 1.807) is 0 Å². The monoisotopic (exact) mass is 314 g/mol. The molecule has 122 valence electrons. The molecular formula is C17H22N4O2. The number of anilines is 1. The Morgan fingerprint density at radius 1 is 1.04 bits per heavy atom. The first kappa shape index (κ1) is 16.8. The molecule has 0 aromatic heterocycles. The number of amides is 2. The Morgan fingerprint density at radius 3 is 2.57 bits per heavy atom. The summed E-state index contributed by atoms with van der Waals surface area (Å²) in [6.07, 6.45) is 1.85. The predicted molar refractivity (Wildman–Crippen MR) is 92.0 cm³/mol. The smallest absolute Gasteiger partial charge is 0.272 e. The fourth-order valence-corrected chi connectivity index (χ4v) is 2.36. The summed E-state index contributed by atoms with van der Waals surface area (Å²) in [5.74, 6) is -0.672. The van der Waals surface area contributed by atoms with Crippen molar-refractivity contribution in [1.82, 2.24) is 10.9 Å². The molecule has 2 aromatic rings. The maximum absolute atomic E-state index is 12.5. The molecule has 0 aliphatic carbocycles. The first-order valence-corrected chi connectivity index (χ1v) is 7.66. The summed E-state index contributed by atoms with van der Waals surface area (Å²) in [7, 11) is 0. The molecule has 0 saturated heterocycles. The molecule has 0 aliphatic heterocycles. The van der Waals surface area contributed by atoms with E-state index in [0.717, 1.165) is 35.8 Å². The third-order valence-corrected chi connectivity index (χ3v) is 3.45. The summed E-state index contributed by atoms with van der Waals surface area (Å²) >= 11 is 0. The Hall–Kier alpha value is -2.60. The lowest BCUT2D eigenvalue weighted by molar-refractivity contribution is -0.119. The lowest BCUT2D eigenvalue weighted by Gasteiger charge is -2.15. The number of unbranched alkanes of at least 4 members (excludes halogenated alkanes) is 1. The Bertz CT molecular complexity index is 700. The highest BCUT2D eigenvalue weighted by atomic mass is 16.2. The maximum atomic E-state index is 12.5. The van der Waals surface area contributed by atoms with Crippen LogP contribution in [0.15, 0.2) is 36.4 Å². The maximum Gasteiger partial charge on any atom is 0.272 e. The quantitative estimate of drug-likeness (QED) is 0.482. The summed E-state index contributed by atoms with van der Waals surface area (Å²) in [6, 6.07) is 11.5. The van der Waals surface area contributed by atoms with Gasteiger partial charge in [-0.1, -0.05) is 30.3 Å². The van der Waals surface area contributed by atoms with Crippen LogP contribution in [0, 0.1) is 0 Å². The van der Waals surface area contributed by atoms with Gasteiger partial charge in [-0.3, -0.25) is 20.4 Å². The number of nitrogens with two attached hydrogens (primary N) is 1. The van der Waals surface area contributed by atoms with Gasteiger partial charge in [0.2, 0.25) is 5.91 Å². The minimum atomic E-state index is -0.349. The molecule has 0 heterocycles. The van der Waals surface area contributed by atoms with Gasteiger partial charge in [0.25, 0.3) is 5.91 Å². The van der Waals surface area contributed by atoms with Crippen LogP contribution in [0.2, 0.25) is 0 Å². The zero-order valence-electron chi connectivity index (χ0n) is 13.2. The van der Waals surface area contributed by atoms with Crippen molar-refractivity contribution in [2.75, 3.05) is 18.4 Å². The number of rotatable bonds is 6. The van der Waals surface area contributed by atoms with Crippen molar-refractivity contribution >= 4 is 28.3 Å². The second-order valence-corrected chi connectivity index (χ2v) is 5.27. The van der Waals surface area contributed by atoms with Crippen LogP contribution in [-0.2, 0) is 4.79 Å². The van der Waals surface area contributed by atoms with Gasteiger partial charge in [-0.25, -0.2) is 0 Å². The summed E-state index contributed by atoms with van der Waals surface area (Å²) in [5.41, 5.74) is 11.5. The van der Waals surface area contributed by atoms with Crippen molar-refractivity contribution in [2.24, 2.45) is 5.73 Å². The molecule has 2 aromatic carbocycles. The number of benzene rings is 2. The summed E-state index contributed by atoms with van der Waals surface area (Å²) in [4.78, 5) is 23.5. The first-order valence-electron chi connectivity index (χ1n) is 7.66. The van der Waals surface area contributed by atoms with Crippen molar-refractivity contribution in [3.8, 4) is 0 Å². The molecule has 0 aliphatic rings. The van der Waals surface area contributed by atoms with Crippen LogP contribution in [-0.4, -0.2) is 24.9 Å². The molecule has 2 amide bonds. The SMILES string of the molecule is CC(=O)NNC(=O)c1c(NCCCCN)ccc2ccccc12. The minimum absolute atomic E-state index is 0.323. The third kappa shape index (κ3) is 4.43. The minimum Gasteiger partial charge on any atom is -0.384 e. The molecule has 0 saturated carbocycles. The van der Waals surface area contributed by atoms with E-state index in [1.165, 1.54) is 6.92 Å². The molecule has 5 N–H and O–H groups in total. The van der Waals surface area contributed by atoms with E-state index in [4.69, 9.17) is 5.73 Å². The van der Waals surface area contributed by atoms with Crippen molar-refractivity contribution in [2.45, 2.75) is 19.8 Å². The molecule has 6 heteroatoms. The predicted octanol–water partition coefficient (Wildman–Crippen LogP) is 1.77. The van der Waals surface area contributed by atoms with Crippen molar-refractivity contribution in [3.63, 3.8) is 0 Å². The number of nitrogens with one attached hydrogen (secondary N) is 3. The molecule has 23 heavy (non-hydrogen) atoms. The van der Waals surface area contributed by atoms with Crippen molar-refractivity contribution in [1.29, 1.82) is 0 Å². The fourth-order valence-electron chi connectivity index (χ4n) is 2.36. The molecule has 0 spiro atoms. The molecule has 0 bridgehead atoms. The summed E-state index contributed by atoms with van der Waals surface area (Å²) in [5, 5.41) is 5.08. The zero-order chi connectivity index (χ0) is 16.7. The van der Waals surface area contributed by atoms with Crippen LogP contribution >= 0.6 is 0 Å². The average Bonchev–Trinajstić information content (AvgIpc) is 2.56. The molecule has 0 fully saturated rings. The van der Waals surface area contributed by atoms with Crippen LogP contribution in [0.25, 0.3) is 10.8 Å². The van der Waals surface area contributed by atoms with Crippen molar-refractivity contribution < 1.29 is 9.59 Å². The van der Waals surface area contributed by atoms with Crippen LogP contribution in [0.4, 0.5) is 5.69 Å². The van der Waals surface area contributed by atoms with E-state index in [0.29, 0.717) is 12.1 Å². The molecule has 2 rings (SSSR count). The number of hydrogen-bond acceptors (Lipinski definition) is 4. The average molecular weight is 314 g/mol. The van der Waals surface area contributed by atoms with Gasteiger partial charge >= 0.3 is 0 Å². The van der Waals surface area contributed by atoms with E-state index in [9.17, 15) is 9.59 Å². The van der Waals surface area contributed by atoms with E-state index in [1.807, 2.05) is 36.4 Å². The molecule has 0 radical (unpaired) electrons. The number of fused-ring (bicyclic) bond motifs is 1. The third-order valence-electron chi connectivity index (χ3n) is 3.45. The van der Waals surface area contributed by atoms with E-state index < -0.39 is 0 Å². The highest BCUT2D eigenvalue weighted by Gasteiger charge is 2.15. The molecule has 0 atom stereocenters. The molecule has 6 nitrogen and oxygen atoms in total. The molecule has 0 unspecified atom stereocenters. The van der Waals surface area contributed by atoms with Gasteiger partial charge in [0.15, 0.2) is 0 Å². The summed E-state index contributed by atoms with van der Waals surface area (Å²) < 4.78 is 0. The Labute approximate surface area is 135 Å². The van der Waals surface area contributed by atoms with Crippen LogP contribution in [0.1, 0.15) is 30.1 Å². The zero-order valence-corrected chi connectivity index (χ0v) is 13.2. The number of carbonyl (C=O) groups excluding carboxylic acids is 2. The van der Waals surface area contributed by atoms with Gasteiger partial charge in [-0.2, -0.15) is 0 Å². The highest BCUT2D eigenvalue weighted by molar-refractivity contribution is 6.11. The summed E-state index contributed by atoms with van der Waals surface area (Å²) in [6.45, 7) is 2.72. The lowest BCUT2D eigenvalue weighted by atomic mass is 10.0. The van der Waals surface area contributed by atoms with Crippen LogP contribution in [0.5, 0.6) is 0 Å².